The highest BCUT2D eigenvalue weighted by Crippen LogP contribution is 2.22. The van der Waals surface area contributed by atoms with E-state index >= 15 is 0 Å². The van der Waals surface area contributed by atoms with Gasteiger partial charge in [0.05, 0.1) is 25.5 Å². The van der Waals surface area contributed by atoms with Crippen LogP contribution in [0.2, 0.25) is 0 Å². The van der Waals surface area contributed by atoms with E-state index in [0.29, 0.717) is 13.2 Å². The zero-order valence-electron chi connectivity index (χ0n) is 8.23. The quantitative estimate of drug-likeness (QED) is 0.790. The van der Waals surface area contributed by atoms with Crippen LogP contribution < -0.4 is 5.32 Å². The summed E-state index contributed by atoms with van der Waals surface area (Å²) in [6.07, 6.45) is 2.36. The van der Waals surface area contributed by atoms with Crippen molar-refractivity contribution in [1.29, 1.82) is 0 Å². The van der Waals surface area contributed by atoms with Crippen molar-refractivity contribution < 1.29 is 13.9 Å². The maximum Gasteiger partial charge on any atom is 0.159 e. The normalized spacial score (nSPS) is 20.1. The van der Waals surface area contributed by atoms with Crippen LogP contribution in [0, 0.1) is 0 Å². The monoisotopic (exact) mass is 197 g/mol. The molecular formula is C10H15NO3. The van der Waals surface area contributed by atoms with Crippen LogP contribution in [0.25, 0.3) is 0 Å². The first kappa shape index (κ1) is 9.71. The Morgan fingerprint density at radius 3 is 2.86 bits per heavy atom. The highest BCUT2D eigenvalue weighted by molar-refractivity contribution is 5.04. The minimum atomic E-state index is -0.0995. The van der Waals surface area contributed by atoms with Crippen LogP contribution in [0.4, 0.5) is 0 Å². The van der Waals surface area contributed by atoms with E-state index in [9.17, 15) is 0 Å². The van der Waals surface area contributed by atoms with Crippen molar-refractivity contribution in [3.63, 3.8) is 0 Å². The van der Waals surface area contributed by atoms with Gasteiger partial charge < -0.3 is 19.2 Å². The highest BCUT2D eigenvalue weighted by atomic mass is 16.7. The maximum absolute atomic E-state index is 5.38. The minimum Gasteiger partial charge on any atom is -0.468 e. The van der Waals surface area contributed by atoms with Gasteiger partial charge in [0.2, 0.25) is 0 Å². The molecule has 1 N–H and O–H groups in total. The number of nitrogens with one attached hydrogen (secondary N) is 1. The van der Waals surface area contributed by atoms with Gasteiger partial charge in [0.15, 0.2) is 6.29 Å². The van der Waals surface area contributed by atoms with Gasteiger partial charge in [0.1, 0.15) is 5.76 Å². The van der Waals surface area contributed by atoms with E-state index in [1.807, 2.05) is 19.2 Å². The molecule has 0 amide bonds. The summed E-state index contributed by atoms with van der Waals surface area (Å²) >= 11 is 0. The lowest BCUT2D eigenvalue weighted by molar-refractivity contribution is -0.0537. The Kier molecular flexibility index (Phi) is 3.18. The Labute approximate surface area is 83.2 Å². The predicted octanol–water partition coefficient (Wildman–Crippen LogP) is 1.30. The molecule has 1 aliphatic rings. The van der Waals surface area contributed by atoms with Crippen LogP contribution in [-0.2, 0) is 9.47 Å². The van der Waals surface area contributed by atoms with Crippen molar-refractivity contribution in [1.82, 2.24) is 5.32 Å². The molecule has 1 saturated heterocycles. The van der Waals surface area contributed by atoms with Gasteiger partial charge in [-0.25, -0.2) is 0 Å². The Morgan fingerprint density at radius 2 is 2.29 bits per heavy atom. The molecular weight excluding hydrogens is 182 g/mol. The second-order valence-electron chi connectivity index (χ2n) is 3.26. The van der Waals surface area contributed by atoms with E-state index in [-0.39, 0.29) is 12.3 Å². The van der Waals surface area contributed by atoms with E-state index in [4.69, 9.17) is 13.9 Å². The fraction of sp³-hybridized carbons (Fsp3) is 0.600. The molecule has 1 unspecified atom stereocenters. The molecule has 1 aromatic heterocycles. The maximum atomic E-state index is 5.38. The first-order valence-corrected chi connectivity index (χ1v) is 4.84. The Hall–Kier alpha value is -0.840. The smallest absolute Gasteiger partial charge is 0.159 e. The predicted molar refractivity (Wildman–Crippen MR) is 50.8 cm³/mol. The molecule has 1 atom stereocenters. The number of furan rings is 1. The molecule has 1 aliphatic heterocycles. The van der Waals surface area contributed by atoms with Gasteiger partial charge in [-0.2, -0.15) is 0 Å². The summed E-state index contributed by atoms with van der Waals surface area (Å²) in [4.78, 5) is 0. The summed E-state index contributed by atoms with van der Waals surface area (Å²) in [6, 6.07) is 4.00. The van der Waals surface area contributed by atoms with Gasteiger partial charge in [0.25, 0.3) is 0 Å². The fourth-order valence-corrected chi connectivity index (χ4v) is 1.60. The van der Waals surface area contributed by atoms with Crippen molar-refractivity contribution in [3.05, 3.63) is 24.2 Å². The van der Waals surface area contributed by atoms with E-state index in [2.05, 4.69) is 5.32 Å². The number of ether oxygens (including phenoxy) is 2. The first-order valence-electron chi connectivity index (χ1n) is 4.84. The van der Waals surface area contributed by atoms with E-state index in [1.165, 1.54) is 0 Å². The van der Waals surface area contributed by atoms with Crippen molar-refractivity contribution in [2.45, 2.75) is 18.8 Å². The van der Waals surface area contributed by atoms with Gasteiger partial charge >= 0.3 is 0 Å². The second-order valence-corrected chi connectivity index (χ2v) is 3.26. The molecule has 1 fully saturated rings. The Bertz CT molecular complexity index is 254. The van der Waals surface area contributed by atoms with Gasteiger partial charge in [-0.1, -0.05) is 0 Å². The standard InChI is InChI=1S/C10H15NO3/c1-11-8(9-3-2-4-12-9)7-10-13-5-6-14-10/h2-4,8,10-11H,5-7H2,1H3. The first-order chi connectivity index (χ1) is 6.90. The van der Waals surface area contributed by atoms with E-state index in [0.717, 1.165) is 12.2 Å². The highest BCUT2D eigenvalue weighted by Gasteiger charge is 2.22. The Balaban J connectivity index is 1.93. The molecule has 4 heteroatoms. The largest absolute Gasteiger partial charge is 0.468 e. The Morgan fingerprint density at radius 1 is 1.50 bits per heavy atom. The molecule has 2 heterocycles. The van der Waals surface area contributed by atoms with E-state index in [1.54, 1.807) is 6.26 Å². The van der Waals surface area contributed by atoms with Gasteiger partial charge in [-0.3, -0.25) is 0 Å². The molecule has 78 valence electrons. The zero-order chi connectivity index (χ0) is 9.80. The van der Waals surface area contributed by atoms with Crippen molar-refractivity contribution in [2.24, 2.45) is 0 Å². The van der Waals surface area contributed by atoms with Crippen molar-refractivity contribution in [2.75, 3.05) is 20.3 Å². The number of rotatable bonds is 4. The summed E-state index contributed by atoms with van der Waals surface area (Å²) in [7, 11) is 1.90. The fourth-order valence-electron chi connectivity index (χ4n) is 1.60. The molecule has 0 spiro atoms. The number of hydrogen-bond donors (Lipinski definition) is 1. The zero-order valence-corrected chi connectivity index (χ0v) is 8.23. The number of hydrogen-bond acceptors (Lipinski definition) is 4. The third-order valence-electron chi connectivity index (χ3n) is 2.35. The van der Waals surface area contributed by atoms with Crippen LogP contribution >= 0.6 is 0 Å². The molecule has 0 aromatic carbocycles. The molecule has 0 radical (unpaired) electrons. The molecule has 0 aliphatic carbocycles. The van der Waals surface area contributed by atoms with Crippen LogP contribution in [0.1, 0.15) is 18.2 Å². The van der Waals surface area contributed by atoms with Gasteiger partial charge in [0, 0.05) is 6.42 Å². The minimum absolute atomic E-state index is 0.0995. The van der Waals surface area contributed by atoms with Crippen LogP contribution in [-0.4, -0.2) is 26.6 Å². The lowest BCUT2D eigenvalue weighted by atomic mass is 10.1. The summed E-state index contributed by atoms with van der Waals surface area (Å²) in [5.41, 5.74) is 0. The molecule has 2 rings (SSSR count). The molecule has 0 saturated carbocycles. The molecule has 4 nitrogen and oxygen atoms in total. The second kappa shape index (κ2) is 4.59. The van der Waals surface area contributed by atoms with Crippen molar-refractivity contribution in [3.8, 4) is 0 Å². The summed E-state index contributed by atoms with van der Waals surface area (Å²) in [5, 5.41) is 3.18. The van der Waals surface area contributed by atoms with Crippen LogP contribution in [0.5, 0.6) is 0 Å². The average Bonchev–Trinajstić information content (AvgIpc) is 2.86. The van der Waals surface area contributed by atoms with E-state index < -0.39 is 0 Å². The third kappa shape index (κ3) is 2.15. The van der Waals surface area contributed by atoms with Crippen LogP contribution in [0.3, 0.4) is 0 Å². The summed E-state index contributed by atoms with van der Waals surface area (Å²) < 4.78 is 16.1. The summed E-state index contributed by atoms with van der Waals surface area (Å²) in [6.45, 7) is 1.39. The molecule has 0 bridgehead atoms. The topological polar surface area (TPSA) is 43.6 Å². The van der Waals surface area contributed by atoms with Gasteiger partial charge in [-0.05, 0) is 19.2 Å². The SMILES string of the molecule is CNC(CC1OCCO1)c1ccco1. The lowest BCUT2D eigenvalue weighted by Crippen LogP contribution is -2.22. The average molecular weight is 197 g/mol. The third-order valence-corrected chi connectivity index (χ3v) is 2.35. The van der Waals surface area contributed by atoms with Crippen LogP contribution in [0.15, 0.2) is 22.8 Å². The van der Waals surface area contributed by atoms with Crippen molar-refractivity contribution >= 4 is 0 Å². The summed E-state index contributed by atoms with van der Waals surface area (Å²) in [5.74, 6) is 0.923. The van der Waals surface area contributed by atoms with Gasteiger partial charge in [-0.15, -0.1) is 0 Å². The molecule has 1 aromatic rings. The lowest BCUT2D eigenvalue weighted by Gasteiger charge is -2.16. The molecule has 14 heavy (non-hydrogen) atoms.